The van der Waals surface area contributed by atoms with Gasteiger partial charge in [0.1, 0.15) is 18.2 Å². The maximum Gasteiger partial charge on any atom is 0.252 e. The number of nitriles is 1. The van der Waals surface area contributed by atoms with E-state index < -0.39 is 5.82 Å². The molecule has 1 aromatic carbocycles. The summed E-state index contributed by atoms with van der Waals surface area (Å²) in [6.45, 7) is 0. The van der Waals surface area contributed by atoms with Crippen LogP contribution in [0.2, 0.25) is 0 Å². The van der Waals surface area contributed by atoms with Gasteiger partial charge in [-0.05, 0) is 22.0 Å². The van der Waals surface area contributed by atoms with E-state index in [2.05, 4.69) is 26.0 Å². The highest BCUT2D eigenvalue weighted by molar-refractivity contribution is 9.10. The second kappa shape index (κ2) is 3.90. The molecule has 16 heavy (non-hydrogen) atoms. The monoisotopic (exact) mass is 281 g/mol. The van der Waals surface area contributed by atoms with Gasteiger partial charge in [-0.3, -0.25) is 0 Å². The molecule has 0 aliphatic rings. The zero-order valence-electron chi connectivity index (χ0n) is 7.85. The quantitative estimate of drug-likeness (QED) is 0.806. The number of hydrogen-bond donors (Lipinski definition) is 1. The first-order valence-corrected chi connectivity index (χ1v) is 4.98. The van der Waals surface area contributed by atoms with Crippen LogP contribution in [0.5, 0.6) is 0 Å². The largest absolute Gasteiger partial charge is 0.397 e. The zero-order chi connectivity index (χ0) is 11.7. The van der Waals surface area contributed by atoms with E-state index in [1.165, 1.54) is 23.1 Å². The van der Waals surface area contributed by atoms with Gasteiger partial charge < -0.3 is 5.73 Å². The lowest BCUT2D eigenvalue weighted by atomic mass is 10.2. The molecule has 2 aromatic rings. The molecule has 0 radical (unpaired) electrons. The van der Waals surface area contributed by atoms with Gasteiger partial charge in [-0.15, -0.1) is 5.10 Å². The Labute approximate surface area is 98.4 Å². The first kappa shape index (κ1) is 10.6. The van der Waals surface area contributed by atoms with Crippen molar-refractivity contribution in [2.45, 2.75) is 0 Å². The number of aromatic nitrogens is 3. The number of halogens is 2. The van der Waals surface area contributed by atoms with E-state index in [1.54, 1.807) is 6.07 Å². The number of nitrogens with zero attached hydrogens (tertiary/aromatic N) is 4. The van der Waals surface area contributed by atoms with Crippen molar-refractivity contribution in [3.63, 3.8) is 0 Å². The molecule has 0 saturated carbocycles. The lowest BCUT2D eigenvalue weighted by Crippen LogP contribution is -2.01. The molecule has 5 nitrogen and oxygen atoms in total. The number of nitrogens with two attached hydrogens (primary N) is 1. The van der Waals surface area contributed by atoms with E-state index in [1.807, 2.05) is 0 Å². The van der Waals surface area contributed by atoms with Gasteiger partial charge >= 0.3 is 0 Å². The summed E-state index contributed by atoms with van der Waals surface area (Å²) in [5.74, 6) is -0.429. The highest BCUT2D eigenvalue weighted by Crippen LogP contribution is 2.24. The average molecular weight is 282 g/mol. The summed E-state index contributed by atoms with van der Waals surface area (Å²) in [4.78, 5) is 3.73. The van der Waals surface area contributed by atoms with Crippen molar-refractivity contribution in [1.82, 2.24) is 14.8 Å². The van der Waals surface area contributed by atoms with Gasteiger partial charge in [0.05, 0.1) is 15.8 Å². The van der Waals surface area contributed by atoms with E-state index in [-0.39, 0.29) is 16.0 Å². The van der Waals surface area contributed by atoms with Crippen molar-refractivity contribution < 1.29 is 4.39 Å². The van der Waals surface area contributed by atoms with Crippen molar-refractivity contribution in [2.24, 2.45) is 0 Å². The number of benzene rings is 1. The van der Waals surface area contributed by atoms with Crippen LogP contribution >= 0.6 is 15.9 Å². The molecule has 0 spiro atoms. The van der Waals surface area contributed by atoms with E-state index in [4.69, 9.17) is 11.0 Å². The molecule has 0 saturated heterocycles. The van der Waals surface area contributed by atoms with Crippen molar-refractivity contribution >= 4 is 21.6 Å². The molecule has 0 bridgehead atoms. The Morgan fingerprint density at radius 2 is 2.25 bits per heavy atom. The topological polar surface area (TPSA) is 80.5 Å². The maximum atomic E-state index is 13.1. The van der Waals surface area contributed by atoms with E-state index in [0.29, 0.717) is 5.69 Å². The Bertz CT molecular complexity index is 586. The molecule has 1 heterocycles. The predicted molar refractivity (Wildman–Crippen MR) is 58.1 cm³/mol. The number of nitrogen functional groups attached to an aromatic ring is 1. The standard InChI is InChI=1S/C9H5BrFN5/c10-5-1-8(7(13)2-6(5)11)16-4-14-9(3-12)15-16/h1-2,4H,13H2. The summed E-state index contributed by atoms with van der Waals surface area (Å²) in [5, 5.41) is 12.4. The normalized spacial score (nSPS) is 10.1. The molecule has 0 atom stereocenters. The van der Waals surface area contributed by atoms with Crippen LogP contribution in [0.1, 0.15) is 5.82 Å². The Kier molecular flexibility index (Phi) is 2.58. The van der Waals surface area contributed by atoms with Gasteiger partial charge in [-0.1, -0.05) is 0 Å². The van der Waals surface area contributed by atoms with Crippen LogP contribution in [0.4, 0.5) is 10.1 Å². The molecule has 0 aliphatic carbocycles. The smallest absolute Gasteiger partial charge is 0.252 e. The fourth-order valence-corrected chi connectivity index (χ4v) is 1.51. The van der Waals surface area contributed by atoms with Crippen molar-refractivity contribution in [1.29, 1.82) is 5.26 Å². The summed E-state index contributed by atoms with van der Waals surface area (Å²) in [6, 6.07) is 4.44. The highest BCUT2D eigenvalue weighted by atomic mass is 79.9. The van der Waals surface area contributed by atoms with Crippen molar-refractivity contribution in [3.8, 4) is 11.8 Å². The molecule has 2 N–H and O–H groups in total. The van der Waals surface area contributed by atoms with Gasteiger partial charge in [0.15, 0.2) is 0 Å². The van der Waals surface area contributed by atoms with Crippen molar-refractivity contribution in [2.75, 3.05) is 5.73 Å². The average Bonchev–Trinajstić information content (AvgIpc) is 2.71. The fourth-order valence-electron chi connectivity index (χ4n) is 1.18. The van der Waals surface area contributed by atoms with Crippen LogP contribution in [0, 0.1) is 17.1 Å². The molecule has 7 heteroatoms. The van der Waals surface area contributed by atoms with Crippen molar-refractivity contribution in [3.05, 3.63) is 34.6 Å². The summed E-state index contributed by atoms with van der Waals surface area (Å²) >= 11 is 3.04. The Hall–Kier alpha value is -1.94. The Balaban J connectivity index is 2.56. The minimum atomic E-state index is -0.457. The molecule has 0 amide bonds. The van der Waals surface area contributed by atoms with Gasteiger partial charge in [-0.2, -0.15) is 5.26 Å². The molecule has 0 fully saturated rings. The summed E-state index contributed by atoms with van der Waals surface area (Å²) in [5.41, 5.74) is 6.32. The highest BCUT2D eigenvalue weighted by Gasteiger charge is 2.09. The van der Waals surface area contributed by atoms with Crippen LogP contribution < -0.4 is 5.73 Å². The van der Waals surface area contributed by atoms with Gasteiger partial charge in [0, 0.05) is 6.07 Å². The molecule has 0 unspecified atom stereocenters. The van der Waals surface area contributed by atoms with E-state index in [9.17, 15) is 4.39 Å². The molecule has 80 valence electrons. The SMILES string of the molecule is N#Cc1ncn(-c2cc(Br)c(F)cc2N)n1. The third kappa shape index (κ3) is 1.75. The lowest BCUT2D eigenvalue weighted by molar-refractivity contribution is 0.621. The Morgan fingerprint density at radius 3 is 2.88 bits per heavy atom. The third-order valence-electron chi connectivity index (χ3n) is 1.91. The third-order valence-corrected chi connectivity index (χ3v) is 2.52. The van der Waals surface area contributed by atoms with Crippen LogP contribution in [-0.4, -0.2) is 14.8 Å². The Morgan fingerprint density at radius 1 is 1.50 bits per heavy atom. The van der Waals surface area contributed by atoms with E-state index >= 15 is 0 Å². The molecule has 1 aromatic heterocycles. The van der Waals surface area contributed by atoms with E-state index in [0.717, 1.165) is 0 Å². The minimum absolute atomic E-state index is 0.0276. The van der Waals surface area contributed by atoms with Gasteiger partial charge in [0.2, 0.25) is 0 Å². The van der Waals surface area contributed by atoms with Gasteiger partial charge in [-0.25, -0.2) is 14.1 Å². The van der Waals surface area contributed by atoms with Crippen LogP contribution in [0.3, 0.4) is 0 Å². The van der Waals surface area contributed by atoms with Crippen LogP contribution in [0.15, 0.2) is 22.9 Å². The number of anilines is 1. The van der Waals surface area contributed by atoms with Crippen LogP contribution in [0.25, 0.3) is 5.69 Å². The molecular weight excluding hydrogens is 277 g/mol. The number of rotatable bonds is 1. The lowest BCUT2D eigenvalue weighted by Gasteiger charge is -2.05. The summed E-state index contributed by atoms with van der Waals surface area (Å²) in [6.07, 6.45) is 1.34. The molecule has 0 aliphatic heterocycles. The maximum absolute atomic E-state index is 13.1. The summed E-state index contributed by atoms with van der Waals surface area (Å²) in [7, 11) is 0. The summed E-state index contributed by atoms with van der Waals surface area (Å²) < 4.78 is 14.7. The minimum Gasteiger partial charge on any atom is -0.397 e. The zero-order valence-corrected chi connectivity index (χ0v) is 9.44. The predicted octanol–water partition coefficient (Wildman–Crippen LogP) is 1.62. The van der Waals surface area contributed by atoms with Gasteiger partial charge in [0.25, 0.3) is 5.82 Å². The second-order valence-electron chi connectivity index (χ2n) is 2.95. The molecular formula is C9H5BrFN5. The first-order valence-electron chi connectivity index (χ1n) is 4.18. The molecule has 2 rings (SSSR count). The fraction of sp³-hybridized carbons (Fsp3) is 0. The van der Waals surface area contributed by atoms with Crippen LogP contribution in [-0.2, 0) is 0 Å². The first-order chi connectivity index (χ1) is 7.61. The second-order valence-corrected chi connectivity index (χ2v) is 3.80. The number of hydrogen-bond acceptors (Lipinski definition) is 4.